The predicted molar refractivity (Wildman–Crippen MR) is 51.0 cm³/mol. The van der Waals surface area contributed by atoms with Gasteiger partial charge in [-0.1, -0.05) is 0 Å². The van der Waals surface area contributed by atoms with Gasteiger partial charge in [0.1, 0.15) is 0 Å². The molecule has 0 aliphatic heterocycles. The average Bonchev–Trinajstić information content (AvgIpc) is 1.84. The van der Waals surface area contributed by atoms with Gasteiger partial charge in [0.05, 0.1) is 0 Å². The van der Waals surface area contributed by atoms with Crippen LogP contribution in [0.1, 0.15) is 13.8 Å². The number of nitriles is 1. The first-order chi connectivity index (χ1) is 5.40. The summed E-state index contributed by atoms with van der Waals surface area (Å²) in [5, 5.41) is 23.4. The SMILES string of the molecule is CC(=O)O.CC(O)OC(=O)C#N.[NaH].[NaH]. The van der Waals surface area contributed by atoms with Crippen LogP contribution in [0.5, 0.6) is 0 Å². The third kappa shape index (κ3) is 39.4. The maximum atomic E-state index is 9.88. The molecule has 14 heavy (non-hydrogen) atoms. The van der Waals surface area contributed by atoms with E-state index in [1.807, 2.05) is 0 Å². The fourth-order valence-electron chi connectivity index (χ4n) is 0.181. The first kappa shape index (κ1) is 23.9. The Hall–Kier alpha value is 0.390. The van der Waals surface area contributed by atoms with Crippen molar-refractivity contribution in [2.45, 2.75) is 20.1 Å². The first-order valence-electron chi connectivity index (χ1n) is 2.88. The molecule has 0 spiro atoms. The van der Waals surface area contributed by atoms with Gasteiger partial charge in [-0.2, -0.15) is 5.26 Å². The number of esters is 1. The second kappa shape index (κ2) is 15.8. The Morgan fingerprint density at radius 1 is 1.43 bits per heavy atom. The minimum absolute atomic E-state index is 0. The molecule has 8 heteroatoms. The summed E-state index contributed by atoms with van der Waals surface area (Å²) >= 11 is 0. The number of carboxylic acids is 1. The van der Waals surface area contributed by atoms with Crippen LogP contribution in [0.15, 0.2) is 0 Å². The van der Waals surface area contributed by atoms with E-state index >= 15 is 0 Å². The zero-order valence-electron chi connectivity index (χ0n) is 6.64. The number of carboxylic acid groups (broad SMARTS) is 1. The van der Waals surface area contributed by atoms with E-state index in [1.54, 1.807) is 0 Å². The van der Waals surface area contributed by atoms with E-state index in [4.69, 9.17) is 20.3 Å². The summed E-state index contributed by atoms with van der Waals surface area (Å²) in [4.78, 5) is 18.9. The summed E-state index contributed by atoms with van der Waals surface area (Å²) in [7, 11) is 0. The van der Waals surface area contributed by atoms with Gasteiger partial charge in [0.15, 0.2) is 12.4 Å². The molecule has 0 saturated carbocycles. The summed E-state index contributed by atoms with van der Waals surface area (Å²) in [6, 6.07) is 1.18. The number of nitrogens with zero attached hydrogens (tertiary/aromatic N) is 1. The zero-order chi connectivity index (χ0) is 10.1. The van der Waals surface area contributed by atoms with Gasteiger partial charge in [0.2, 0.25) is 0 Å². The number of aliphatic hydroxyl groups excluding tert-OH is 1. The van der Waals surface area contributed by atoms with Crippen LogP contribution in [0.4, 0.5) is 0 Å². The third-order valence-electron chi connectivity index (χ3n) is 0.369. The molecule has 1 atom stereocenters. The molecule has 2 N–H and O–H groups in total. The molecule has 0 aliphatic carbocycles. The number of hydrogen-bond donors (Lipinski definition) is 2. The van der Waals surface area contributed by atoms with Crippen molar-refractivity contribution < 1.29 is 24.5 Å². The minimum atomic E-state index is -1.19. The number of aliphatic carboxylic acids is 1. The van der Waals surface area contributed by atoms with E-state index in [0.717, 1.165) is 6.92 Å². The molecule has 0 fully saturated rings. The molecule has 1 unspecified atom stereocenters. The molecule has 0 aliphatic rings. The predicted octanol–water partition coefficient (Wildman–Crippen LogP) is -1.81. The molecule has 0 aromatic carbocycles. The molecule has 0 bridgehead atoms. The Kier molecular flexibility index (Phi) is 27.0. The van der Waals surface area contributed by atoms with Crippen LogP contribution < -0.4 is 0 Å². The molecule has 0 aromatic heterocycles. The fourth-order valence-corrected chi connectivity index (χ4v) is 0.181. The quantitative estimate of drug-likeness (QED) is 0.235. The summed E-state index contributed by atoms with van der Waals surface area (Å²) in [6.45, 7) is 2.33. The summed E-state index contributed by atoms with van der Waals surface area (Å²) < 4.78 is 3.95. The summed E-state index contributed by atoms with van der Waals surface area (Å²) in [5.74, 6) is -1.90. The molecule has 0 amide bonds. The van der Waals surface area contributed by atoms with Crippen LogP contribution in [0.2, 0.25) is 0 Å². The summed E-state index contributed by atoms with van der Waals surface area (Å²) in [6.07, 6.45) is -1.19. The maximum absolute atomic E-state index is 9.88. The standard InChI is InChI=1S/C4H5NO3.C2H4O2.2Na.2H/c1-3(6)8-4(7)2-5;1-2(3)4;;;;/h3,6H,1H3;1H3,(H,3,4);;;;. The van der Waals surface area contributed by atoms with Gasteiger partial charge < -0.3 is 14.9 Å². The molecular weight excluding hydrogens is 212 g/mol. The number of rotatable bonds is 1. The van der Waals surface area contributed by atoms with Crippen LogP contribution in [-0.4, -0.2) is 87.6 Å². The van der Waals surface area contributed by atoms with Gasteiger partial charge in [0.25, 0.3) is 5.97 Å². The summed E-state index contributed by atoms with van der Waals surface area (Å²) in [5.41, 5.74) is 0. The molecule has 0 aromatic rings. The monoisotopic (exact) mass is 223 g/mol. The Labute approximate surface area is 126 Å². The van der Waals surface area contributed by atoms with Crippen molar-refractivity contribution in [2.24, 2.45) is 0 Å². The molecule has 72 valence electrons. The number of hydrogen-bond acceptors (Lipinski definition) is 5. The fraction of sp³-hybridized carbons (Fsp3) is 0.500. The Bertz CT molecular complexity index is 197. The topological polar surface area (TPSA) is 108 Å². The van der Waals surface area contributed by atoms with Crippen molar-refractivity contribution >= 4 is 71.1 Å². The molecular formula is C6H11NNa2O5. The van der Waals surface area contributed by atoms with Crippen LogP contribution in [-0.2, 0) is 14.3 Å². The van der Waals surface area contributed by atoms with Crippen molar-refractivity contribution in [2.75, 3.05) is 0 Å². The second-order valence-corrected chi connectivity index (χ2v) is 1.64. The second-order valence-electron chi connectivity index (χ2n) is 1.64. The molecule has 0 rings (SSSR count). The van der Waals surface area contributed by atoms with Crippen LogP contribution in [0.3, 0.4) is 0 Å². The van der Waals surface area contributed by atoms with Crippen LogP contribution in [0.25, 0.3) is 0 Å². The van der Waals surface area contributed by atoms with Crippen molar-refractivity contribution in [3.63, 3.8) is 0 Å². The number of ether oxygens (including phenoxy) is 1. The number of carbonyl (C=O) groups excluding carboxylic acids is 1. The van der Waals surface area contributed by atoms with Crippen LogP contribution >= 0.6 is 0 Å². The molecule has 6 nitrogen and oxygen atoms in total. The third-order valence-corrected chi connectivity index (χ3v) is 0.369. The Morgan fingerprint density at radius 3 is 1.79 bits per heavy atom. The number of aliphatic hydroxyl groups is 1. The van der Waals surface area contributed by atoms with Gasteiger partial charge in [-0.3, -0.25) is 4.79 Å². The van der Waals surface area contributed by atoms with Gasteiger partial charge in [-0.05, 0) is 6.92 Å². The molecule has 0 heterocycles. The average molecular weight is 223 g/mol. The van der Waals surface area contributed by atoms with Crippen molar-refractivity contribution in [3.05, 3.63) is 0 Å². The van der Waals surface area contributed by atoms with Crippen molar-refractivity contribution in [3.8, 4) is 6.07 Å². The Morgan fingerprint density at radius 2 is 1.71 bits per heavy atom. The van der Waals surface area contributed by atoms with E-state index in [9.17, 15) is 4.79 Å². The first-order valence-corrected chi connectivity index (χ1v) is 2.88. The van der Waals surface area contributed by atoms with Crippen LogP contribution in [0, 0.1) is 11.3 Å². The van der Waals surface area contributed by atoms with Gasteiger partial charge in [-0.25, -0.2) is 4.79 Å². The van der Waals surface area contributed by atoms with Crippen molar-refractivity contribution in [1.82, 2.24) is 0 Å². The van der Waals surface area contributed by atoms with Gasteiger partial charge in [0, 0.05) is 6.92 Å². The van der Waals surface area contributed by atoms with E-state index in [0.29, 0.717) is 0 Å². The van der Waals surface area contributed by atoms with Crippen molar-refractivity contribution in [1.29, 1.82) is 5.26 Å². The van der Waals surface area contributed by atoms with E-state index in [-0.39, 0.29) is 59.1 Å². The Balaban J connectivity index is -0.0000000733. The van der Waals surface area contributed by atoms with Gasteiger partial charge >= 0.3 is 65.1 Å². The van der Waals surface area contributed by atoms with E-state index in [1.165, 1.54) is 13.0 Å². The number of carbonyl (C=O) groups is 2. The zero-order valence-corrected chi connectivity index (χ0v) is 6.64. The molecule has 0 saturated heterocycles. The molecule has 0 radical (unpaired) electrons. The van der Waals surface area contributed by atoms with E-state index in [2.05, 4.69) is 4.74 Å². The van der Waals surface area contributed by atoms with E-state index < -0.39 is 18.2 Å². The normalized spacial score (nSPS) is 8.43. The van der Waals surface area contributed by atoms with Gasteiger partial charge in [-0.15, -0.1) is 0 Å².